The lowest BCUT2D eigenvalue weighted by atomic mass is 9.94. The summed E-state index contributed by atoms with van der Waals surface area (Å²) in [6, 6.07) is 14.3. The molecule has 2 amide bonds. The van der Waals surface area contributed by atoms with E-state index in [-0.39, 0.29) is 29.1 Å². The van der Waals surface area contributed by atoms with Crippen molar-refractivity contribution in [2.45, 2.75) is 70.9 Å². The van der Waals surface area contributed by atoms with Crippen LogP contribution < -0.4 is 30.3 Å². The molecule has 1 aromatic heterocycles. The first-order valence-electron chi connectivity index (χ1n) is 17.4. The second kappa shape index (κ2) is 15.1. The highest BCUT2D eigenvalue weighted by atomic mass is 32.1. The van der Waals surface area contributed by atoms with E-state index in [1.807, 2.05) is 42.2 Å². The first kappa shape index (κ1) is 35.2. The van der Waals surface area contributed by atoms with Crippen molar-refractivity contribution in [1.82, 2.24) is 15.2 Å². The lowest BCUT2D eigenvalue weighted by Crippen LogP contribution is -2.49. The first-order valence-corrected chi connectivity index (χ1v) is 18.2. The molecule has 0 bridgehead atoms. The van der Waals surface area contributed by atoms with Gasteiger partial charge in [-0.2, -0.15) is 0 Å². The summed E-state index contributed by atoms with van der Waals surface area (Å²) in [4.78, 5) is 47.7. The number of fused-ring (bicyclic) bond motifs is 4. The number of anilines is 1. The molecule has 6 rings (SSSR count). The number of nitrogens with one attached hydrogen (secondary N) is 2. The molecule has 1 saturated heterocycles. The number of hydrogen-bond acceptors (Lipinski definition) is 9. The van der Waals surface area contributed by atoms with E-state index >= 15 is 0 Å². The number of ether oxygens (including phenoxy) is 3. The molecule has 2 N–H and O–H groups in total. The molecule has 0 saturated carbocycles. The van der Waals surface area contributed by atoms with E-state index in [1.54, 1.807) is 44.8 Å². The molecule has 2 aliphatic rings. The summed E-state index contributed by atoms with van der Waals surface area (Å²) in [6.45, 7) is 6.83. The number of benzene rings is 2. The van der Waals surface area contributed by atoms with E-state index in [2.05, 4.69) is 23.6 Å². The normalized spacial score (nSPS) is 18.2. The van der Waals surface area contributed by atoms with E-state index in [1.165, 1.54) is 6.92 Å². The molecule has 0 unspecified atom stereocenters. The van der Waals surface area contributed by atoms with Crippen LogP contribution in [-0.4, -0.2) is 62.2 Å². The van der Waals surface area contributed by atoms with Crippen LogP contribution >= 0.6 is 11.3 Å². The zero-order chi connectivity index (χ0) is 35.5. The molecule has 4 atom stereocenters. The maximum absolute atomic E-state index is 14.3. The van der Waals surface area contributed by atoms with Crippen molar-refractivity contribution in [2.24, 2.45) is 5.92 Å². The standard InChI is InChI=1S/C39H46N4O6S/c1-7-22(2)35(39(46)43-18-10-11-25(21-43)38-42-30-12-8-9-13-33(30)50-38)41-29-17-15-26-27(20-31(29)45)28(40-23(3)44)16-14-24-19-32(47-4)36(48-5)37(49-6)34(24)26/h8-9,12-13,15,17,19-20,22,25,28,35H,7,10-11,14,16,18,21H2,1-6H3,(H,40,44)(H,41,45)/t22-,25-,28+,35+/m1/s1. The monoisotopic (exact) mass is 698 g/mol. The maximum atomic E-state index is 14.3. The van der Waals surface area contributed by atoms with Crippen LogP contribution in [0.25, 0.3) is 21.3 Å². The van der Waals surface area contributed by atoms with Crippen LogP contribution in [0, 0.1) is 5.92 Å². The molecule has 0 spiro atoms. The number of carbonyl (C=O) groups excluding carboxylic acids is 2. The zero-order valence-electron chi connectivity index (χ0n) is 29.6. The van der Waals surface area contributed by atoms with Gasteiger partial charge in [0.25, 0.3) is 0 Å². The van der Waals surface area contributed by atoms with Gasteiger partial charge in [-0.15, -0.1) is 11.3 Å². The average Bonchev–Trinajstić information content (AvgIpc) is 3.44. The number of amides is 2. The summed E-state index contributed by atoms with van der Waals surface area (Å²) in [6.07, 6.45) is 3.78. The molecule has 264 valence electrons. The first-order chi connectivity index (χ1) is 24.2. The van der Waals surface area contributed by atoms with Gasteiger partial charge in [0.15, 0.2) is 11.5 Å². The number of hydrogen-bond donors (Lipinski definition) is 2. The van der Waals surface area contributed by atoms with Gasteiger partial charge in [0.05, 0.1) is 48.3 Å². The number of nitrogens with zero attached hydrogens (tertiary/aromatic N) is 2. The number of piperidine rings is 1. The number of carbonyl (C=O) groups is 2. The number of likely N-dealkylation sites (tertiary alicyclic amines) is 1. The molecule has 1 fully saturated rings. The smallest absolute Gasteiger partial charge is 0.245 e. The molecular formula is C39H46N4O6S. The lowest BCUT2D eigenvalue weighted by molar-refractivity contribution is -0.134. The average molecular weight is 699 g/mol. The highest BCUT2D eigenvalue weighted by molar-refractivity contribution is 7.18. The fourth-order valence-electron chi connectivity index (χ4n) is 7.32. The third-order valence-corrected chi connectivity index (χ3v) is 11.3. The Kier molecular flexibility index (Phi) is 10.6. The van der Waals surface area contributed by atoms with Crippen LogP contribution in [0.2, 0.25) is 0 Å². The van der Waals surface area contributed by atoms with E-state index in [0.29, 0.717) is 54.4 Å². The molecule has 1 aliphatic heterocycles. The van der Waals surface area contributed by atoms with Crippen LogP contribution in [0.15, 0.2) is 53.3 Å². The quantitative estimate of drug-likeness (QED) is 0.188. The minimum Gasteiger partial charge on any atom is -0.493 e. The molecule has 10 nitrogen and oxygen atoms in total. The summed E-state index contributed by atoms with van der Waals surface area (Å²) >= 11 is 1.70. The Morgan fingerprint density at radius 2 is 1.82 bits per heavy atom. The van der Waals surface area contributed by atoms with Crippen LogP contribution in [-0.2, 0) is 16.0 Å². The van der Waals surface area contributed by atoms with Crippen molar-refractivity contribution < 1.29 is 23.8 Å². The van der Waals surface area contributed by atoms with Gasteiger partial charge in [0, 0.05) is 31.5 Å². The Bertz CT molecular complexity index is 1930. The minimum atomic E-state index is -0.610. The summed E-state index contributed by atoms with van der Waals surface area (Å²) in [5.41, 5.74) is 4.17. The second-order valence-electron chi connectivity index (χ2n) is 13.2. The predicted molar refractivity (Wildman–Crippen MR) is 198 cm³/mol. The number of rotatable bonds is 10. The van der Waals surface area contributed by atoms with Crippen molar-refractivity contribution in [2.75, 3.05) is 39.7 Å². The zero-order valence-corrected chi connectivity index (χ0v) is 30.4. The Morgan fingerprint density at radius 3 is 2.52 bits per heavy atom. The van der Waals surface area contributed by atoms with Crippen LogP contribution in [0.5, 0.6) is 17.2 Å². The van der Waals surface area contributed by atoms with Gasteiger partial charge >= 0.3 is 0 Å². The molecule has 11 heteroatoms. The number of thiazole rings is 1. The summed E-state index contributed by atoms with van der Waals surface area (Å²) < 4.78 is 18.5. The fourth-order valence-corrected chi connectivity index (χ4v) is 8.41. The molecule has 50 heavy (non-hydrogen) atoms. The number of aryl methyl sites for hydroxylation is 1. The third-order valence-electron chi connectivity index (χ3n) is 10.1. The molecule has 2 heterocycles. The molecule has 3 aromatic carbocycles. The van der Waals surface area contributed by atoms with Gasteiger partial charge in [0.1, 0.15) is 6.04 Å². The molecule has 4 aromatic rings. The van der Waals surface area contributed by atoms with E-state index < -0.39 is 12.1 Å². The van der Waals surface area contributed by atoms with Crippen molar-refractivity contribution in [3.63, 3.8) is 0 Å². The van der Waals surface area contributed by atoms with Crippen LogP contribution in [0.4, 0.5) is 5.69 Å². The van der Waals surface area contributed by atoms with Crippen molar-refractivity contribution in [3.05, 3.63) is 74.9 Å². The lowest BCUT2D eigenvalue weighted by Gasteiger charge is -2.36. The minimum absolute atomic E-state index is 0.0161. The number of methoxy groups -OCH3 is 3. The predicted octanol–water partition coefficient (Wildman–Crippen LogP) is 6.71. The van der Waals surface area contributed by atoms with E-state index in [9.17, 15) is 14.4 Å². The summed E-state index contributed by atoms with van der Waals surface area (Å²) in [7, 11) is 4.71. The maximum Gasteiger partial charge on any atom is 0.245 e. The topological polar surface area (TPSA) is 119 Å². The summed E-state index contributed by atoms with van der Waals surface area (Å²) in [5, 5.41) is 7.52. The van der Waals surface area contributed by atoms with Crippen LogP contribution in [0.1, 0.15) is 74.5 Å². The van der Waals surface area contributed by atoms with Crippen molar-refractivity contribution >= 4 is 39.1 Å². The largest absolute Gasteiger partial charge is 0.493 e. The van der Waals surface area contributed by atoms with Gasteiger partial charge in [0.2, 0.25) is 23.0 Å². The second-order valence-corrected chi connectivity index (χ2v) is 14.3. The SMILES string of the molecule is CC[C@@H](C)[C@H](Nc1ccc2c(cc1=O)[C@@H](NC(C)=O)CCc1cc(OC)c(OC)c(OC)c1-2)C(=O)N1CCC[C@@H](c2nc3ccccc3s2)C1. The Hall–Kier alpha value is -4.64. The molecular weight excluding hydrogens is 653 g/mol. The van der Waals surface area contributed by atoms with Gasteiger partial charge in [-0.1, -0.05) is 38.5 Å². The van der Waals surface area contributed by atoms with Crippen molar-refractivity contribution in [1.29, 1.82) is 0 Å². The molecule has 1 aliphatic carbocycles. The Morgan fingerprint density at radius 1 is 1.04 bits per heavy atom. The van der Waals surface area contributed by atoms with Gasteiger partial charge in [-0.05, 0) is 78.6 Å². The fraction of sp³-hybridized carbons (Fsp3) is 0.436. The highest BCUT2D eigenvalue weighted by Gasteiger charge is 2.34. The summed E-state index contributed by atoms with van der Waals surface area (Å²) in [5.74, 6) is 1.38. The van der Waals surface area contributed by atoms with Gasteiger partial charge in [-0.3, -0.25) is 14.4 Å². The number of para-hydroxylation sites is 1. The Balaban J connectivity index is 1.37. The Labute approximate surface area is 297 Å². The van der Waals surface area contributed by atoms with Crippen LogP contribution in [0.3, 0.4) is 0 Å². The molecule has 0 radical (unpaired) electrons. The van der Waals surface area contributed by atoms with Gasteiger partial charge in [-0.25, -0.2) is 4.98 Å². The third kappa shape index (κ3) is 6.88. The van der Waals surface area contributed by atoms with E-state index in [4.69, 9.17) is 19.2 Å². The highest BCUT2D eigenvalue weighted by Crippen LogP contribution is 2.50. The van der Waals surface area contributed by atoms with Crippen molar-refractivity contribution in [3.8, 4) is 28.4 Å². The van der Waals surface area contributed by atoms with Gasteiger partial charge < -0.3 is 29.7 Å². The number of aromatic nitrogens is 1. The van der Waals surface area contributed by atoms with E-state index in [0.717, 1.165) is 51.2 Å².